The average Bonchev–Trinajstić information content (AvgIpc) is 3.22. The molecule has 1 aliphatic carbocycles. The van der Waals surface area contributed by atoms with Crippen molar-refractivity contribution in [2.75, 3.05) is 6.54 Å². The number of halogens is 2. The van der Waals surface area contributed by atoms with Gasteiger partial charge in [0.15, 0.2) is 11.6 Å². The molecule has 1 aromatic carbocycles. The first kappa shape index (κ1) is 14.2. The van der Waals surface area contributed by atoms with Crippen molar-refractivity contribution in [1.29, 1.82) is 0 Å². The van der Waals surface area contributed by atoms with Crippen LogP contribution in [-0.2, 0) is 6.67 Å². The summed E-state index contributed by atoms with van der Waals surface area (Å²) >= 11 is 0. The van der Waals surface area contributed by atoms with E-state index < -0.39 is 17.4 Å². The smallest absolute Gasteiger partial charge is 0.291 e. The zero-order valence-electron chi connectivity index (χ0n) is 12.5. The van der Waals surface area contributed by atoms with Gasteiger partial charge in [0.05, 0.1) is 18.1 Å². The van der Waals surface area contributed by atoms with Crippen LogP contribution < -0.4 is 0 Å². The van der Waals surface area contributed by atoms with Crippen molar-refractivity contribution in [3.63, 3.8) is 0 Å². The Morgan fingerprint density at radius 3 is 2.74 bits per heavy atom. The van der Waals surface area contributed by atoms with Crippen LogP contribution in [0.1, 0.15) is 29.2 Å². The van der Waals surface area contributed by atoms with Gasteiger partial charge in [0.1, 0.15) is 0 Å². The molecule has 1 fully saturated rings. The summed E-state index contributed by atoms with van der Waals surface area (Å²) in [4.78, 5) is 18.3. The Hall–Kier alpha value is -2.44. The second-order valence-corrected chi connectivity index (χ2v) is 6.17. The van der Waals surface area contributed by atoms with Crippen molar-refractivity contribution in [3.05, 3.63) is 35.3 Å². The van der Waals surface area contributed by atoms with Gasteiger partial charge < -0.3 is 14.6 Å². The SMILES string of the molecule is Cc1nc2n(c1-c1ccc(O)c(F)c1F)CN(CC1CC1)C2=O. The molecular weight excluding hydrogens is 304 g/mol. The molecule has 1 aliphatic heterocycles. The first-order chi connectivity index (χ1) is 11.0. The largest absolute Gasteiger partial charge is 0.505 e. The maximum absolute atomic E-state index is 14.2. The van der Waals surface area contributed by atoms with Gasteiger partial charge in [0.2, 0.25) is 11.6 Å². The quantitative estimate of drug-likeness (QED) is 0.946. The molecule has 0 unspecified atom stereocenters. The molecule has 4 rings (SSSR count). The van der Waals surface area contributed by atoms with Gasteiger partial charge in [-0.15, -0.1) is 0 Å². The van der Waals surface area contributed by atoms with Gasteiger partial charge in [0, 0.05) is 12.1 Å². The molecule has 23 heavy (non-hydrogen) atoms. The number of aromatic hydroxyl groups is 1. The summed E-state index contributed by atoms with van der Waals surface area (Å²) in [5, 5.41) is 9.28. The summed E-state index contributed by atoms with van der Waals surface area (Å²) in [5.41, 5.74) is 0.837. The molecule has 0 spiro atoms. The molecule has 1 aromatic heterocycles. The topological polar surface area (TPSA) is 58.4 Å². The summed E-state index contributed by atoms with van der Waals surface area (Å²) in [7, 11) is 0. The Labute approximate surface area is 131 Å². The van der Waals surface area contributed by atoms with E-state index in [1.54, 1.807) is 16.4 Å². The van der Waals surface area contributed by atoms with Crippen LogP contribution in [0.3, 0.4) is 0 Å². The van der Waals surface area contributed by atoms with Crippen molar-refractivity contribution in [3.8, 4) is 17.0 Å². The summed E-state index contributed by atoms with van der Waals surface area (Å²) in [6, 6.07) is 2.41. The number of benzene rings is 1. The van der Waals surface area contributed by atoms with Crippen molar-refractivity contribution < 1.29 is 18.7 Å². The van der Waals surface area contributed by atoms with Crippen molar-refractivity contribution in [2.24, 2.45) is 5.92 Å². The Morgan fingerprint density at radius 1 is 1.30 bits per heavy atom. The second kappa shape index (κ2) is 4.78. The Balaban J connectivity index is 1.79. The van der Waals surface area contributed by atoms with Gasteiger partial charge in [-0.2, -0.15) is 4.39 Å². The van der Waals surface area contributed by atoms with E-state index in [-0.39, 0.29) is 17.3 Å². The first-order valence-corrected chi connectivity index (χ1v) is 7.51. The van der Waals surface area contributed by atoms with Crippen LogP contribution in [-0.4, -0.2) is 32.0 Å². The lowest BCUT2D eigenvalue weighted by molar-refractivity contribution is 0.0758. The third-order valence-corrected chi connectivity index (χ3v) is 4.43. The Bertz CT molecular complexity index is 827. The molecule has 1 N–H and O–H groups in total. The van der Waals surface area contributed by atoms with E-state index in [9.17, 15) is 18.7 Å². The third kappa shape index (κ3) is 2.10. The van der Waals surface area contributed by atoms with E-state index >= 15 is 0 Å². The summed E-state index contributed by atoms with van der Waals surface area (Å²) < 4.78 is 29.5. The number of carbonyl (C=O) groups is 1. The number of rotatable bonds is 3. The standard InChI is InChI=1S/C16H15F2N3O2/c1-8-14(10-4-5-11(22)13(18)12(10)17)21-7-20(6-9-2-3-9)16(23)15(21)19-8/h4-5,9,22H,2-3,6-7H2,1H3. The minimum atomic E-state index is -1.29. The molecule has 2 heterocycles. The fraction of sp³-hybridized carbons (Fsp3) is 0.375. The molecule has 1 amide bonds. The van der Waals surface area contributed by atoms with Gasteiger partial charge in [-0.1, -0.05) is 0 Å². The molecule has 7 heteroatoms. The zero-order chi connectivity index (χ0) is 16.3. The number of fused-ring (bicyclic) bond motifs is 1. The molecule has 1 saturated carbocycles. The van der Waals surface area contributed by atoms with E-state index in [0.29, 0.717) is 30.5 Å². The van der Waals surface area contributed by atoms with Crippen LogP contribution in [0.2, 0.25) is 0 Å². The van der Waals surface area contributed by atoms with Crippen molar-refractivity contribution in [2.45, 2.75) is 26.4 Å². The van der Waals surface area contributed by atoms with E-state index in [0.717, 1.165) is 18.9 Å². The predicted molar refractivity (Wildman–Crippen MR) is 77.7 cm³/mol. The van der Waals surface area contributed by atoms with E-state index in [2.05, 4.69) is 4.98 Å². The Morgan fingerprint density at radius 2 is 2.04 bits per heavy atom. The highest BCUT2D eigenvalue weighted by atomic mass is 19.2. The number of nitrogens with zero attached hydrogens (tertiary/aromatic N) is 3. The molecule has 5 nitrogen and oxygen atoms in total. The molecule has 0 saturated heterocycles. The highest BCUT2D eigenvalue weighted by Crippen LogP contribution is 2.36. The van der Waals surface area contributed by atoms with E-state index in [1.807, 2.05) is 0 Å². The second-order valence-electron chi connectivity index (χ2n) is 6.17. The van der Waals surface area contributed by atoms with Crippen LogP contribution in [0, 0.1) is 24.5 Å². The fourth-order valence-corrected chi connectivity index (χ4v) is 3.07. The molecule has 2 aliphatic rings. The number of phenolic OH excluding ortho intramolecular Hbond substituents is 1. The molecule has 0 radical (unpaired) electrons. The number of amides is 1. The molecular formula is C16H15F2N3O2. The van der Waals surface area contributed by atoms with Gasteiger partial charge in [-0.05, 0) is 37.8 Å². The lowest BCUT2D eigenvalue weighted by Gasteiger charge is -2.16. The molecule has 0 atom stereocenters. The van der Waals surface area contributed by atoms with Gasteiger partial charge in [-0.3, -0.25) is 4.79 Å². The lowest BCUT2D eigenvalue weighted by atomic mass is 10.1. The fourth-order valence-electron chi connectivity index (χ4n) is 3.07. The highest BCUT2D eigenvalue weighted by Gasteiger charge is 2.36. The lowest BCUT2D eigenvalue weighted by Crippen LogP contribution is -2.27. The van der Waals surface area contributed by atoms with Crippen molar-refractivity contribution >= 4 is 5.91 Å². The number of aryl methyl sites for hydroxylation is 1. The maximum Gasteiger partial charge on any atom is 0.291 e. The van der Waals surface area contributed by atoms with Crippen LogP contribution in [0.4, 0.5) is 8.78 Å². The van der Waals surface area contributed by atoms with Gasteiger partial charge in [0.25, 0.3) is 5.91 Å². The van der Waals surface area contributed by atoms with Crippen LogP contribution in [0.5, 0.6) is 5.75 Å². The summed E-state index contributed by atoms with van der Waals surface area (Å²) in [6.07, 6.45) is 2.24. The summed E-state index contributed by atoms with van der Waals surface area (Å²) in [5.74, 6) is -2.55. The van der Waals surface area contributed by atoms with Gasteiger partial charge in [-0.25, -0.2) is 9.37 Å². The van der Waals surface area contributed by atoms with Crippen LogP contribution in [0.25, 0.3) is 11.3 Å². The third-order valence-electron chi connectivity index (χ3n) is 4.43. The normalized spacial score (nSPS) is 17.0. The van der Waals surface area contributed by atoms with Crippen LogP contribution >= 0.6 is 0 Å². The number of aromatic nitrogens is 2. The monoisotopic (exact) mass is 319 g/mol. The summed E-state index contributed by atoms with van der Waals surface area (Å²) in [6.45, 7) is 2.62. The van der Waals surface area contributed by atoms with Crippen LogP contribution in [0.15, 0.2) is 12.1 Å². The minimum absolute atomic E-state index is 0.00220. The Kier molecular flexibility index (Phi) is 2.94. The zero-order valence-corrected chi connectivity index (χ0v) is 12.5. The first-order valence-electron chi connectivity index (χ1n) is 7.51. The maximum atomic E-state index is 14.2. The number of hydrogen-bond acceptors (Lipinski definition) is 3. The number of imidazole rings is 1. The number of carbonyl (C=O) groups excluding carboxylic acids is 1. The molecule has 2 aromatic rings. The highest BCUT2D eigenvalue weighted by molar-refractivity contribution is 5.94. The number of hydrogen-bond donors (Lipinski definition) is 1. The number of phenols is 1. The average molecular weight is 319 g/mol. The predicted octanol–water partition coefficient (Wildman–Crippen LogP) is 2.67. The minimum Gasteiger partial charge on any atom is -0.505 e. The molecule has 0 bridgehead atoms. The molecule has 120 valence electrons. The van der Waals surface area contributed by atoms with Crippen molar-refractivity contribution in [1.82, 2.24) is 14.5 Å². The van der Waals surface area contributed by atoms with E-state index in [4.69, 9.17) is 0 Å². The van der Waals surface area contributed by atoms with Gasteiger partial charge >= 0.3 is 0 Å². The van der Waals surface area contributed by atoms with E-state index in [1.165, 1.54) is 6.07 Å².